The molecule has 2 aliphatic rings. The number of imide groups is 1. The highest BCUT2D eigenvalue weighted by molar-refractivity contribution is 7.89. The van der Waals surface area contributed by atoms with Gasteiger partial charge in [0.1, 0.15) is 5.54 Å². The second kappa shape index (κ2) is 5.95. The number of nitrogens with zero attached hydrogens (tertiary/aromatic N) is 2. The van der Waals surface area contributed by atoms with Gasteiger partial charge in [-0.3, -0.25) is 9.69 Å². The number of alkyl halides is 3. The average molecular weight is 391 g/mol. The fourth-order valence-corrected chi connectivity index (χ4v) is 4.92. The molecular formula is C15H16F3N3O4S. The molecule has 142 valence electrons. The molecule has 3 amide bonds. The lowest BCUT2D eigenvalue weighted by atomic mass is 9.88. The maximum atomic E-state index is 13.1. The van der Waals surface area contributed by atoms with E-state index in [2.05, 4.69) is 5.32 Å². The first-order valence-electron chi connectivity index (χ1n) is 7.76. The van der Waals surface area contributed by atoms with Gasteiger partial charge in [-0.15, -0.1) is 0 Å². The molecular weight excluding hydrogens is 375 g/mol. The van der Waals surface area contributed by atoms with Crippen LogP contribution >= 0.6 is 0 Å². The Kier molecular flexibility index (Phi) is 4.26. The molecule has 0 atom stereocenters. The number of carbonyl (C=O) groups excluding carboxylic acids is 2. The molecule has 2 saturated heterocycles. The molecule has 1 spiro atoms. The van der Waals surface area contributed by atoms with Crippen molar-refractivity contribution in [2.75, 3.05) is 20.1 Å². The predicted octanol–water partition coefficient (Wildman–Crippen LogP) is 1.41. The minimum absolute atomic E-state index is 0.00463. The van der Waals surface area contributed by atoms with Crippen molar-refractivity contribution in [3.05, 3.63) is 29.8 Å². The minimum Gasteiger partial charge on any atom is -0.323 e. The summed E-state index contributed by atoms with van der Waals surface area (Å²) < 4.78 is 65.8. The van der Waals surface area contributed by atoms with Gasteiger partial charge in [0.15, 0.2) is 0 Å². The van der Waals surface area contributed by atoms with Crippen molar-refractivity contribution in [3.8, 4) is 0 Å². The molecule has 7 nitrogen and oxygen atoms in total. The van der Waals surface area contributed by atoms with Crippen molar-refractivity contribution < 1.29 is 31.2 Å². The Bertz CT molecular complexity index is 861. The molecule has 3 rings (SSSR count). The van der Waals surface area contributed by atoms with E-state index >= 15 is 0 Å². The van der Waals surface area contributed by atoms with Crippen molar-refractivity contribution in [1.29, 1.82) is 0 Å². The summed E-state index contributed by atoms with van der Waals surface area (Å²) in [5, 5.41) is 2.55. The summed E-state index contributed by atoms with van der Waals surface area (Å²) in [4.78, 5) is 24.0. The molecule has 0 aliphatic carbocycles. The van der Waals surface area contributed by atoms with Crippen LogP contribution in [0.4, 0.5) is 18.0 Å². The second-order valence-corrected chi connectivity index (χ2v) is 8.18. The highest BCUT2D eigenvalue weighted by atomic mass is 32.2. The predicted molar refractivity (Wildman–Crippen MR) is 83.5 cm³/mol. The summed E-state index contributed by atoms with van der Waals surface area (Å²) in [6.07, 6.45) is -4.82. The van der Waals surface area contributed by atoms with Crippen LogP contribution in [0.1, 0.15) is 18.4 Å². The third kappa shape index (κ3) is 2.84. The minimum atomic E-state index is -4.81. The summed E-state index contributed by atoms with van der Waals surface area (Å²) in [5.74, 6) is -0.463. The SMILES string of the molecule is CN1C(=O)NC2(CCN(S(=O)(=O)c3ccccc3C(F)(F)F)CC2)C1=O. The van der Waals surface area contributed by atoms with Crippen LogP contribution in [0.3, 0.4) is 0 Å². The number of nitrogens with one attached hydrogen (secondary N) is 1. The van der Waals surface area contributed by atoms with E-state index in [0.29, 0.717) is 6.07 Å². The van der Waals surface area contributed by atoms with E-state index in [-0.39, 0.29) is 25.9 Å². The van der Waals surface area contributed by atoms with Crippen LogP contribution in [0.2, 0.25) is 0 Å². The van der Waals surface area contributed by atoms with Gasteiger partial charge < -0.3 is 5.32 Å². The summed E-state index contributed by atoms with van der Waals surface area (Å²) in [5.41, 5.74) is -2.42. The van der Waals surface area contributed by atoms with E-state index in [4.69, 9.17) is 0 Å². The Morgan fingerprint density at radius 2 is 1.69 bits per heavy atom. The lowest BCUT2D eigenvalue weighted by Gasteiger charge is -2.36. The molecule has 0 aromatic heterocycles. The van der Waals surface area contributed by atoms with Gasteiger partial charge in [0.25, 0.3) is 5.91 Å². The van der Waals surface area contributed by atoms with E-state index in [1.807, 2.05) is 0 Å². The molecule has 0 saturated carbocycles. The van der Waals surface area contributed by atoms with Crippen LogP contribution in [-0.4, -0.2) is 55.2 Å². The molecule has 11 heteroatoms. The van der Waals surface area contributed by atoms with Crippen molar-refractivity contribution in [2.45, 2.75) is 29.5 Å². The Morgan fingerprint density at radius 3 is 2.19 bits per heavy atom. The van der Waals surface area contributed by atoms with Gasteiger partial charge in [-0.05, 0) is 25.0 Å². The Labute approximate surface area is 147 Å². The average Bonchev–Trinajstić information content (AvgIpc) is 2.79. The Balaban J connectivity index is 1.87. The molecule has 0 radical (unpaired) electrons. The molecule has 2 heterocycles. The van der Waals surface area contributed by atoms with Crippen LogP contribution in [0.5, 0.6) is 0 Å². The molecule has 2 fully saturated rings. The number of benzene rings is 1. The first-order chi connectivity index (χ1) is 12.0. The first-order valence-corrected chi connectivity index (χ1v) is 9.20. The molecule has 1 aromatic rings. The third-order valence-corrected chi connectivity index (χ3v) is 6.71. The normalized spacial score (nSPS) is 21.3. The fourth-order valence-electron chi connectivity index (χ4n) is 3.27. The number of sulfonamides is 1. The highest BCUT2D eigenvalue weighted by Crippen LogP contribution is 2.37. The maximum Gasteiger partial charge on any atom is 0.417 e. The largest absolute Gasteiger partial charge is 0.417 e. The summed E-state index contributed by atoms with van der Waals surface area (Å²) >= 11 is 0. The Morgan fingerprint density at radius 1 is 1.12 bits per heavy atom. The van der Waals surface area contributed by atoms with E-state index in [1.54, 1.807) is 0 Å². The summed E-state index contributed by atoms with van der Waals surface area (Å²) in [6, 6.07) is 3.40. The smallest absolute Gasteiger partial charge is 0.323 e. The lowest BCUT2D eigenvalue weighted by molar-refractivity contribution is -0.140. The van der Waals surface area contributed by atoms with Crippen molar-refractivity contribution in [3.63, 3.8) is 0 Å². The molecule has 1 aromatic carbocycles. The van der Waals surface area contributed by atoms with Crippen molar-refractivity contribution >= 4 is 22.0 Å². The molecule has 1 N–H and O–H groups in total. The lowest BCUT2D eigenvalue weighted by Crippen LogP contribution is -2.55. The number of hydrogen-bond acceptors (Lipinski definition) is 4. The number of likely N-dealkylation sites (N-methyl/N-ethyl adjacent to an activating group) is 1. The van der Waals surface area contributed by atoms with Crippen molar-refractivity contribution in [1.82, 2.24) is 14.5 Å². The zero-order valence-electron chi connectivity index (χ0n) is 13.7. The number of piperidine rings is 1. The number of halogens is 3. The zero-order chi connectivity index (χ0) is 19.3. The fraction of sp³-hybridized carbons (Fsp3) is 0.467. The highest BCUT2D eigenvalue weighted by Gasteiger charge is 2.52. The van der Waals surface area contributed by atoms with E-state index in [1.165, 1.54) is 13.1 Å². The van der Waals surface area contributed by atoms with Gasteiger partial charge in [0.05, 0.1) is 10.5 Å². The number of hydrogen-bond donors (Lipinski definition) is 1. The molecule has 0 bridgehead atoms. The number of amides is 3. The second-order valence-electron chi connectivity index (χ2n) is 6.27. The van der Waals surface area contributed by atoms with Crippen molar-refractivity contribution in [2.24, 2.45) is 0 Å². The molecule has 2 aliphatic heterocycles. The monoisotopic (exact) mass is 391 g/mol. The summed E-state index contributed by atoms with van der Waals surface area (Å²) in [6.45, 7) is -0.344. The summed E-state index contributed by atoms with van der Waals surface area (Å²) in [7, 11) is -3.08. The zero-order valence-corrected chi connectivity index (χ0v) is 14.5. The van der Waals surface area contributed by atoms with Gasteiger partial charge in [-0.1, -0.05) is 12.1 Å². The topological polar surface area (TPSA) is 86.8 Å². The van der Waals surface area contributed by atoms with Crippen LogP contribution in [0.15, 0.2) is 29.2 Å². The van der Waals surface area contributed by atoms with Crippen LogP contribution in [0.25, 0.3) is 0 Å². The van der Waals surface area contributed by atoms with Gasteiger partial charge in [-0.2, -0.15) is 17.5 Å². The van der Waals surface area contributed by atoms with Gasteiger partial charge >= 0.3 is 12.2 Å². The van der Waals surface area contributed by atoms with Crippen LogP contribution in [0, 0.1) is 0 Å². The standard InChI is InChI=1S/C15H16F3N3O4S/c1-20-12(22)14(19-13(20)23)6-8-21(9-7-14)26(24,25)11-5-3-2-4-10(11)15(16,17)18/h2-5H,6-9H2,1H3,(H,19,23). The quantitative estimate of drug-likeness (QED) is 0.773. The van der Waals surface area contributed by atoms with Gasteiger partial charge in [-0.25, -0.2) is 13.2 Å². The number of carbonyl (C=O) groups is 2. The third-order valence-electron chi connectivity index (χ3n) is 4.75. The maximum absolute atomic E-state index is 13.1. The van der Waals surface area contributed by atoms with E-state index in [0.717, 1.165) is 21.3 Å². The number of rotatable bonds is 2. The van der Waals surface area contributed by atoms with Crippen LogP contribution < -0.4 is 5.32 Å². The van der Waals surface area contributed by atoms with Gasteiger partial charge in [0, 0.05) is 20.1 Å². The van der Waals surface area contributed by atoms with E-state index in [9.17, 15) is 31.2 Å². The molecule has 0 unspecified atom stereocenters. The van der Waals surface area contributed by atoms with Crippen LogP contribution in [-0.2, 0) is 21.0 Å². The first kappa shape index (κ1) is 18.6. The Hall–Kier alpha value is -2.14. The van der Waals surface area contributed by atoms with Gasteiger partial charge in [0.2, 0.25) is 10.0 Å². The number of urea groups is 1. The van der Waals surface area contributed by atoms with E-state index < -0.39 is 44.1 Å². The molecule has 26 heavy (non-hydrogen) atoms.